The van der Waals surface area contributed by atoms with Crippen molar-refractivity contribution in [2.45, 2.75) is 20.4 Å². The molecule has 0 saturated heterocycles. The van der Waals surface area contributed by atoms with E-state index < -0.39 is 0 Å². The maximum atomic E-state index is 10.4. The Labute approximate surface area is 134 Å². The van der Waals surface area contributed by atoms with E-state index in [1.54, 1.807) is 4.57 Å². The standard InChI is InChI=1S/C15H20N4O2S/c1-3-16-15(22)18-17-13-11-7-5-6-8-12(11)19(14(13)20)9-10-21-4-2/h5-8,20H,3-4,9-10H2,1-2H3,(H,16,22). The van der Waals surface area contributed by atoms with Crippen LogP contribution < -0.4 is 5.32 Å². The predicted molar refractivity (Wildman–Crippen MR) is 90.9 cm³/mol. The summed E-state index contributed by atoms with van der Waals surface area (Å²) in [6, 6.07) is 7.65. The maximum Gasteiger partial charge on any atom is 0.220 e. The lowest BCUT2D eigenvalue weighted by Gasteiger charge is -2.06. The number of nitrogens with zero attached hydrogens (tertiary/aromatic N) is 3. The summed E-state index contributed by atoms with van der Waals surface area (Å²) in [6.45, 7) is 6.26. The predicted octanol–water partition coefficient (Wildman–Crippen LogP) is 3.36. The van der Waals surface area contributed by atoms with Crippen molar-refractivity contribution >= 4 is 33.9 Å². The van der Waals surface area contributed by atoms with E-state index in [1.165, 1.54) is 0 Å². The van der Waals surface area contributed by atoms with E-state index in [1.807, 2.05) is 38.1 Å². The zero-order valence-electron chi connectivity index (χ0n) is 12.7. The Bertz CT molecular complexity index is 681. The van der Waals surface area contributed by atoms with Crippen LogP contribution in [0.5, 0.6) is 5.88 Å². The number of ether oxygens (including phenoxy) is 1. The van der Waals surface area contributed by atoms with Crippen molar-refractivity contribution in [3.63, 3.8) is 0 Å². The number of para-hydroxylation sites is 1. The first-order valence-electron chi connectivity index (χ1n) is 7.26. The first kappa shape index (κ1) is 16.4. The van der Waals surface area contributed by atoms with Crippen LogP contribution in [-0.2, 0) is 11.3 Å². The van der Waals surface area contributed by atoms with Crippen LogP contribution in [0.25, 0.3) is 10.9 Å². The van der Waals surface area contributed by atoms with Crippen molar-refractivity contribution in [3.05, 3.63) is 24.3 Å². The minimum absolute atomic E-state index is 0.0731. The van der Waals surface area contributed by atoms with E-state index in [0.29, 0.717) is 37.1 Å². The van der Waals surface area contributed by atoms with Gasteiger partial charge in [0, 0.05) is 25.1 Å². The molecular formula is C15H20N4O2S. The zero-order valence-corrected chi connectivity index (χ0v) is 13.6. The molecule has 0 atom stereocenters. The number of fused-ring (bicyclic) bond motifs is 1. The first-order valence-corrected chi connectivity index (χ1v) is 7.67. The summed E-state index contributed by atoms with van der Waals surface area (Å²) in [5.41, 5.74) is 1.32. The van der Waals surface area contributed by atoms with Crippen molar-refractivity contribution in [1.29, 1.82) is 0 Å². The van der Waals surface area contributed by atoms with E-state index in [9.17, 15) is 5.11 Å². The van der Waals surface area contributed by atoms with Crippen LogP contribution in [0.2, 0.25) is 0 Å². The summed E-state index contributed by atoms with van der Waals surface area (Å²) in [5, 5.41) is 22.5. The summed E-state index contributed by atoms with van der Waals surface area (Å²) < 4.78 is 7.14. The number of nitrogens with one attached hydrogen (secondary N) is 1. The third-order valence-corrected chi connectivity index (χ3v) is 3.38. The zero-order chi connectivity index (χ0) is 15.9. The minimum atomic E-state index is 0.0731. The van der Waals surface area contributed by atoms with Gasteiger partial charge in [-0.25, -0.2) is 0 Å². The molecule has 0 amide bonds. The summed E-state index contributed by atoms with van der Waals surface area (Å²) in [4.78, 5) is 0. The Hall–Kier alpha value is -1.99. The molecule has 22 heavy (non-hydrogen) atoms. The van der Waals surface area contributed by atoms with E-state index >= 15 is 0 Å². The van der Waals surface area contributed by atoms with Gasteiger partial charge in [-0.05, 0) is 32.1 Å². The fourth-order valence-corrected chi connectivity index (χ4v) is 2.36. The highest BCUT2D eigenvalue weighted by molar-refractivity contribution is 7.80. The molecular weight excluding hydrogens is 300 g/mol. The van der Waals surface area contributed by atoms with Gasteiger partial charge in [0.2, 0.25) is 11.0 Å². The van der Waals surface area contributed by atoms with Gasteiger partial charge < -0.3 is 19.7 Å². The average Bonchev–Trinajstić information content (AvgIpc) is 2.78. The second-order valence-corrected chi connectivity index (χ2v) is 4.96. The van der Waals surface area contributed by atoms with Gasteiger partial charge in [-0.15, -0.1) is 10.2 Å². The van der Waals surface area contributed by atoms with Crippen LogP contribution in [0, 0.1) is 0 Å². The third-order valence-electron chi connectivity index (χ3n) is 3.15. The van der Waals surface area contributed by atoms with Crippen LogP contribution in [0.1, 0.15) is 13.8 Å². The molecule has 0 aliphatic carbocycles. The van der Waals surface area contributed by atoms with E-state index in [4.69, 9.17) is 17.0 Å². The average molecular weight is 320 g/mol. The molecule has 0 saturated carbocycles. The van der Waals surface area contributed by atoms with Crippen molar-refractivity contribution in [3.8, 4) is 5.88 Å². The molecule has 6 nitrogen and oxygen atoms in total. The summed E-state index contributed by atoms with van der Waals surface area (Å²) >= 11 is 5.03. The fraction of sp³-hybridized carbons (Fsp3) is 0.400. The van der Waals surface area contributed by atoms with Gasteiger partial charge in [-0.1, -0.05) is 18.2 Å². The lowest BCUT2D eigenvalue weighted by molar-refractivity contribution is 0.138. The van der Waals surface area contributed by atoms with Crippen molar-refractivity contribution in [2.24, 2.45) is 10.2 Å². The second-order valence-electron chi connectivity index (χ2n) is 4.57. The van der Waals surface area contributed by atoms with Gasteiger partial charge >= 0.3 is 0 Å². The summed E-state index contributed by atoms with van der Waals surface area (Å²) in [6.07, 6.45) is 0. The molecule has 0 bridgehead atoms. The highest BCUT2D eigenvalue weighted by Crippen LogP contribution is 2.38. The van der Waals surface area contributed by atoms with Crippen LogP contribution in [-0.4, -0.2) is 34.5 Å². The van der Waals surface area contributed by atoms with Crippen LogP contribution in [0.15, 0.2) is 34.5 Å². The normalized spacial score (nSPS) is 11.4. The van der Waals surface area contributed by atoms with Gasteiger partial charge in [-0.2, -0.15) is 0 Å². The fourth-order valence-electron chi connectivity index (χ4n) is 2.18. The molecule has 2 aromatic rings. The second kappa shape index (κ2) is 7.86. The molecule has 0 radical (unpaired) electrons. The summed E-state index contributed by atoms with van der Waals surface area (Å²) in [7, 11) is 0. The third kappa shape index (κ3) is 3.61. The molecule has 2 N–H and O–H groups in total. The molecule has 1 heterocycles. The topological polar surface area (TPSA) is 71.1 Å². The van der Waals surface area contributed by atoms with Gasteiger partial charge in [0.05, 0.1) is 12.1 Å². The van der Waals surface area contributed by atoms with Crippen molar-refractivity contribution < 1.29 is 9.84 Å². The largest absolute Gasteiger partial charge is 0.493 e. The molecule has 2 rings (SSSR count). The SMILES string of the molecule is CCNC(=S)N=Nc1c(O)n(CCOCC)c2ccccc12. The van der Waals surface area contributed by atoms with Crippen LogP contribution in [0.4, 0.5) is 5.69 Å². The Kier molecular flexibility index (Phi) is 5.85. The number of azo groups is 1. The molecule has 7 heteroatoms. The smallest absolute Gasteiger partial charge is 0.220 e. The highest BCUT2D eigenvalue weighted by atomic mass is 32.1. The first-order chi connectivity index (χ1) is 10.7. The van der Waals surface area contributed by atoms with Gasteiger partial charge in [-0.3, -0.25) is 0 Å². The lowest BCUT2D eigenvalue weighted by atomic mass is 10.2. The Morgan fingerprint density at radius 3 is 2.86 bits per heavy atom. The molecule has 0 aliphatic rings. The number of thiocarbonyl (C=S) groups is 1. The van der Waals surface area contributed by atoms with Crippen molar-refractivity contribution in [1.82, 2.24) is 9.88 Å². The molecule has 118 valence electrons. The molecule has 1 aromatic carbocycles. The molecule has 0 aliphatic heterocycles. The number of rotatable bonds is 6. The Morgan fingerprint density at radius 1 is 1.36 bits per heavy atom. The van der Waals surface area contributed by atoms with E-state index in [-0.39, 0.29) is 5.88 Å². The van der Waals surface area contributed by atoms with Gasteiger partial charge in [0.25, 0.3) is 0 Å². The van der Waals surface area contributed by atoms with Crippen molar-refractivity contribution in [2.75, 3.05) is 19.8 Å². The molecule has 0 fully saturated rings. The summed E-state index contributed by atoms with van der Waals surface area (Å²) in [5.74, 6) is 0.0731. The molecule has 0 spiro atoms. The number of aromatic hydroxyl groups is 1. The quantitative estimate of drug-likeness (QED) is 0.486. The maximum absolute atomic E-state index is 10.4. The van der Waals surface area contributed by atoms with Crippen LogP contribution >= 0.6 is 12.2 Å². The minimum Gasteiger partial charge on any atom is -0.493 e. The Balaban J connectivity index is 2.37. The van der Waals surface area contributed by atoms with Gasteiger partial charge in [0.15, 0.2) is 5.69 Å². The molecule has 1 aromatic heterocycles. The Morgan fingerprint density at radius 2 is 2.14 bits per heavy atom. The lowest BCUT2D eigenvalue weighted by Crippen LogP contribution is -2.17. The van der Waals surface area contributed by atoms with E-state index in [0.717, 1.165) is 10.9 Å². The number of hydrogen-bond donors (Lipinski definition) is 2. The highest BCUT2D eigenvalue weighted by Gasteiger charge is 2.16. The number of benzene rings is 1. The van der Waals surface area contributed by atoms with E-state index in [2.05, 4.69) is 15.5 Å². The van der Waals surface area contributed by atoms with Crippen LogP contribution in [0.3, 0.4) is 0 Å². The molecule has 0 unspecified atom stereocenters. The monoisotopic (exact) mass is 320 g/mol. The number of aromatic nitrogens is 1. The van der Waals surface area contributed by atoms with Gasteiger partial charge in [0.1, 0.15) is 0 Å². The number of hydrogen-bond acceptors (Lipinski definition) is 4.